The Labute approximate surface area is 107 Å². The molecular formula is C14H18FN3. The zero-order valence-electron chi connectivity index (χ0n) is 10.4. The van der Waals surface area contributed by atoms with Gasteiger partial charge in [-0.1, -0.05) is 0 Å². The number of nitrogens with zero attached hydrogens (tertiary/aromatic N) is 2. The fraction of sp³-hybridized carbons (Fsp3) is 0.500. The second-order valence-corrected chi connectivity index (χ2v) is 4.84. The highest BCUT2D eigenvalue weighted by Gasteiger charge is 2.20. The van der Waals surface area contributed by atoms with Crippen LogP contribution in [-0.2, 0) is 0 Å². The maximum atomic E-state index is 13.4. The van der Waals surface area contributed by atoms with Gasteiger partial charge in [-0.05, 0) is 49.9 Å². The van der Waals surface area contributed by atoms with E-state index in [9.17, 15) is 4.39 Å². The summed E-state index contributed by atoms with van der Waals surface area (Å²) in [4.78, 5) is 2.16. The Hall–Kier alpha value is -1.60. The van der Waals surface area contributed by atoms with E-state index in [0.717, 1.165) is 31.6 Å². The van der Waals surface area contributed by atoms with E-state index in [2.05, 4.69) is 4.90 Å². The Morgan fingerprint density at radius 3 is 3.00 bits per heavy atom. The monoisotopic (exact) mass is 247 g/mol. The third kappa shape index (κ3) is 2.99. The SMILES string of the molecule is N#Cc1cc(F)cc(N2CCCC(CCN)C2)c1. The lowest BCUT2D eigenvalue weighted by Crippen LogP contribution is -2.36. The molecule has 0 spiro atoms. The van der Waals surface area contributed by atoms with Crippen molar-refractivity contribution in [3.05, 3.63) is 29.6 Å². The number of piperidine rings is 1. The van der Waals surface area contributed by atoms with Crippen LogP contribution in [0.1, 0.15) is 24.8 Å². The van der Waals surface area contributed by atoms with Gasteiger partial charge in [-0.2, -0.15) is 5.26 Å². The molecule has 1 aromatic carbocycles. The highest BCUT2D eigenvalue weighted by Crippen LogP contribution is 2.26. The molecule has 1 aliphatic heterocycles. The van der Waals surface area contributed by atoms with E-state index in [-0.39, 0.29) is 5.82 Å². The summed E-state index contributed by atoms with van der Waals surface area (Å²) in [6.45, 7) is 2.53. The summed E-state index contributed by atoms with van der Waals surface area (Å²) in [6, 6.07) is 6.53. The minimum Gasteiger partial charge on any atom is -0.371 e. The maximum Gasteiger partial charge on any atom is 0.126 e. The second kappa shape index (κ2) is 5.83. The second-order valence-electron chi connectivity index (χ2n) is 4.84. The average Bonchev–Trinajstić information content (AvgIpc) is 2.39. The smallest absolute Gasteiger partial charge is 0.126 e. The Bertz CT molecular complexity index is 451. The van der Waals surface area contributed by atoms with E-state index in [1.54, 1.807) is 6.07 Å². The van der Waals surface area contributed by atoms with Gasteiger partial charge in [0.1, 0.15) is 5.82 Å². The lowest BCUT2D eigenvalue weighted by Gasteiger charge is -2.34. The van der Waals surface area contributed by atoms with Gasteiger partial charge in [0.15, 0.2) is 0 Å². The van der Waals surface area contributed by atoms with Crippen molar-refractivity contribution in [3.63, 3.8) is 0 Å². The van der Waals surface area contributed by atoms with Gasteiger partial charge in [0, 0.05) is 18.8 Å². The molecule has 1 unspecified atom stereocenters. The van der Waals surface area contributed by atoms with Gasteiger partial charge in [0.2, 0.25) is 0 Å². The molecule has 0 aliphatic carbocycles. The summed E-state index contributed by atoms with van der Waals surface area (Å²) in [6.07, 6.45) is 3.30. The van der Waals surface area contributed by atoms with Gasteiger partial charge in [-0.25, -0.2) is 4.39 Å². The van der Waals surface area contributed by atoms with E-state index >= 15 is 0 Å². The summed E-state index contributed by atoms with van der Waals surface area (Å²) in [5.74, 6) is 0.238. The van der Waals surface area contributed by atoms with Crippen LogP contribution >= 0.6 is 0 Å². The first-order chi connectivity index (χ1) is 8.72. The number of benzene rings is 1. The largest absolute Gasteiger partial charge is 0.371 e. The number of anilines is 1. The van der Waals surface area contributed by atoms with Crippen molar-refractivity contribution in [3.8, 4) is 6.07 Å². The summed E-state index contributed by atoms with van der Waals surface area (Å²) >= 11 is 0. The zero-order chi connectivity index (χ0) is 13.0. The van der Waals surface area contributed by atoms with Crippen LogP contribution in [0.2, 0.25) is 0 Å². The van der Waals surface area contributed by atoms with E-state index in [4.69, 9.17) is 11.0 Å². The predicted octanol–water partition coefficient (Wildman–Crippen LogP) is 2.26. The van der Waals surface area contributed by atoms with Crippen molar-refractivity contribution in [1.29, 1.82) is 5.26 Å². The normalized spacial score (nSPS) is 19.6. The van der Waals surface area contributed by atoms with Crippen molar-refractivity contribution in [2.45, 2.75) is 19.3 Å². The first kappa shape index (κ1) is 12.8. The fourth-order valence-electron chi connectivity index (χ4n) is 2.59. The van der Waals surface area contributed by atoms with Gasteiger partial charge in [0.25, 0.3) is 0 Å². The lowest BCUT2D eigenvalue weighted by atomic mass is 9.94. The van der Waals surface area contributed by atoms with Crippen LogP contribution in [0.5, 0.6) is 0 Å². The molecule has 3 nitrogen and oxygen atoms in total. The molecule has 0 aromatic heterocycles. The maximum absolute atomic E-state index is 13.4. The molecule has 1 atom stereocenters. The van der Waals surface area contributed by atoms with Crippen LogP contribution < -0.4 is 10.6 Å². The Balaban J connectivity index is 2.15. The number of rotatable bonds is 3. The van der Waals surface area contributed by atoms with Crippen molar-refractivity contribution in [2.24, 2.45) is 11.7 Å². The number of nitriles is 1. The third-order valence-electron chi connectivity index (χ3n) is 3.47. The zero-order valence-corrected chi connectivity index (χ0v) is 10.4. The van der Waals surface area contributed by atoms with Gasteiger partial charge in [0.05, 0.1) is 11.6 Å². The molecule has 2 N–H and O–H groups in total. The first-order valence-electron chi connectivity index (χ1n) is 6.38. The summed E-state index contributed by atoms with van der Waals surface area (Å²) in [5.41, 5.74) is 6.79. The molecule has 0 bridgehead atoms. The molecule has 96 valence electrons. The number of hydrogen-bond donors (Lipinski definition) is 1. The standard InChI is InChI=1S/C14H18FN3/c15-13-6-12(9-17)7-14(8-13)18-5-1-2-11(10-18)3-4-16/h6-8,11H,1-5,10,16H2. The molecular weight excluding hydrogens is 229 g/mol. The van der Waals surface area contributed by atoms with Crippen molar-refractivity contribution >= 4 is 5.69 Å². The number of halogens is 1. The lowest BCUT2D eigenvalue weighted by molar-refractivity contribution is 0.396. The van der Waals surface area contributed by atoms with Crippen molar-refractivity contribution in [1.82, 2.24) is 0 Å². The summed E-state index contributed by atoms with van der Waals surface area (Å²) in [7, 11) is 0. The van der Waals surface area contributed by atoms with Crippen LogP contribution in [0.4, 0.5) is 10.1 Å². The fourth-order valence-corrected chi connectivity index (χ4v) is 2.59. The highest BCUT2D eigenvalue weighted by atomic mass is 19.1. The molecule has 18 heavy (non-hydrogen) atoms. The van der Waals surface area contributed by atoms with Gasteiger partial charge in [-0.3, -0.25) is 0 Å². The number of hydrogen-bond acceptors (Lipinski definition) is 3. The van der Waals surface area contributed by atoms with E-state index < -0.39 is 0 Å². The van der Waals surface area contributed by atoms with E-state index in [1.165, 1.54) is 18.6 Å². The Kier molecular flexibility index (Phi) is 4.16. The molecule has 1 aromatic rings. The topological polar surface area (TPSA) is 53.0 Å². The molecule has 0 saturated carbocycles. The van der Waals surface area contributed by atoms with E-state index in [0.29, 0.717) is 18.0 Å². The minimum absolute atomic E-state index is 0.343. The Morgan fingerprint density at radius 2 is 2.28 bits per heavy atom. The molecule has 1 saturated heterocycles. The van der Waals surface area contributed by atoms with Crippen molar-refractivity contribution < 1.29 is 4.39 Å². The molecule has 0 amide bonds. The van der Waals surface area contributed by atoms with E-state index in [1.807, 2.05) is 6.07 Å². The van der Waals surface area contributed by atoms with Crippen LogP contribution in [0.25, 0.3) is 0 Å². The number of nitrogens with two attached hydrogens (primary N) is 1. The first-order valence-corrected chi connectivity index (χ1v) is 6.38. The molecule has 2 rings (SSSR count). The van der Waals surface area contributed by atoms with Crippen LogP contribution in [0, 0.1) is 23.1 Å². The third-order valence-corrected chi connectivity index (χ3v) is 3.47. The highest BCUT2D eigenvalue weighted by molar-refractivity contribution is 5.52. The minimum atomic E-state index is -0.343. The van der Waals surface area contributed by atoms with Crippen LogP contribution in [0.3, 0.4) is 0 Å². The van der Waals surface area contributed by atoms with Gasteiger partial charge in [-0.15, -0.1) is 0 Å². The molecule has 1 aliphatic rings. The quantitative estimate of drug-likeness (QED) is 0.891. The summed E-state index contributed by atoms with van der Waals surface area (Å²) < 4.78 is 13.4. The molecule has 1 fully saturated rings. The van der Waals surface area contributed by atoms with Crippen LogP contribution in [-0.4, -0.2) is 19.6 Å². The molecule has 4 heteroatoms. The Morgan fingerprint density at radius 1 is 1.44 bits per heavy atom. The van der Waals surface area contributed by atoms with Crippen molar-refractivity contribution in [2.75, 3.05) is 24.5 Å². The van der Waals surface area contributed by atoms with Gasteiger partial charge >= 0.3 is 0 Å². The van der Waals surface area contributed by atoms with Gasteiger partial charge < -0.3 is 10.6 Å². The van der Waals surface area contributed by atoms with Crippen LogP contribution in [0.15, 0.2) is 18.2 Å². The predicted molar refractivity (Wildman–Crippen MR) is 69.7 cm³/mol. The molecule has 1 heterocycles. The molecule has 0 radical (unpaired) electrons. The summed E-state index contributed by atoms with van der Waals surface area (Å²) in [5, 5.41) is 8.87. The average molecular weight is 247 g/mol.